The van der Waals surface area contributed by atoms with Gasteiger partial charge in [0.2, 0.25) is 0 Å². The zero-order chi connectivity index (χ0) is 24.0. The Hall–Kier alpha value is -3.94. The van der Waals surface area contributed by atoms with Crippen molar-refractivity contribution in [3.05, 3.63) is 143 Å². The van der Waals surface area contributed by atoms with Crippen LogP contribution in [-0.2, 0) is 0 Å². The Bertz CT molecular complexity index is 1330. The zero-order valence-electron chi connectivity index (χ0n) is 20.1. The van der Waals surface area contributed by atoms with Gasteiger partial charge in [0.05, 0.1) is 0 Å². The van der Waals surface area contributed by atoms with Gasteiger partial charge in [0.25, 0.3) is 0 Å². The second-order valence-electron chi connectivity index (χ2n) is 8.90. The number of aryl methyl sites for hydroxylation is 2. The molecule has 5 aromatic rings. The molecule has 0 fully saturated rings. The minimum Gasteiger partial charge on any atom is -0.135 e. The van der Waals surface area contributed by atoms with Gasteiger partial charge in [-0.2, -0.15) is 0 Å². The van der Waals surface area contributed by atoms with Gasteiger partial charge in [-0.3, -0.25) is 0 Å². The van der Waals surface area contributed by atoms with E-state index in [2.05, 4.69) is 147 Å². The van der Waals surface area contributed by atoms with Gasteiger partial charge in [-0.05, 0) is 59.4 Å². The highest BCUT2D eigenvalue weighted by Crippen LogP contribution is 2.34. The standard InChI is InChI=1S/C34H28S/c1-25-3-7-27(8-4-25)11-13-29-15-19-31(20-16-29)33-23-24-34(35-33)32-21-17-30(18-22-32)14-12-28-9-5-26(2)6-10-28/h3-24H,1-2H3/b13-11+,14-12+. The van der Waals surface area contributed by atoms with E-state index < -0.39 is 0 Å². The number of thiophene rings is 1. The minimum absolute atomic E-state index is 1.21. The minimum atomic E-state index is 1.21. The van der Waals surface area contributed by atoms with E-state index in [0.29, 0.717) is 0 Å². The van der Waals surface area contributed by atoms with Crippen LogP contribution >= 0.6 is 11.3 Å². The average molecular weight is 469 g/mol. The number of hydrogen-bond acceptors (Lipinski definition) is 1. The summed E-state index contributed by atoms with van der Waals surface area (Å²) in [5.41, 5.74) is 9.94. The van der Waals surface area contributed by atoms with Gasteiger partial charge >= 0.3 is 0 Å². The van der Waals surface area contributed by atoms with E-state index in [4.69, 9.17) is 0 Å². The van der Waals surface area contributed by atoms with Gasteiger partial charge in [-0.15, -0.1) is 11.3 Å². The molecule has 4 aromatic carbocycles. The van der Waals surface area contributed by atoms with Crippen molar-refractivity contribution < 1.29 is 0 Å². The summed E-state index contributed by atoms with van der Waals surface area (Å²) in [7, 11) is 0. The first-order chi connectivity index (χ1) is 17.1. The van der Waals surface area contributed by atoms with Gasteiger partial charge in [-0.1, -0.05) is 132 Å². The Morgan fingerprint density at radius 1 is 0.371 bits per heavy atom. The van der Waals surface area contributed by atoms with E-state index in [0.717, 1.165) is 0 Å². The van der Waals surface area contributed by atoms with Gasteiger partial charge in [0.1, 0.15) is 0 Å². The lowest BCUT2D eigenvalue weighted by molar-refractivity contribution is 1.46. The van der Waals surface area contributed by atoms with Crippen molar-refractivity contribution in [3.63, 3.8) is 0 Å². The molecule has 0 radical (unpaired) electrons. The van der Waals surface area contributed by atoms with Crippen LogP contribution in [-0.4, -0.2) is 0 Å². The highest BCUT2D eigenvalue weighted by molar-refractivity contribution is 7.18. The Labute approximate surface area is 212 Å². The first-order valence-corrected chi connectivity index (χ1v) is 12.7. The normalized spacial score (nSPS) is 11.5. The van der Waals surface area contributed by atoms with Crippen molar-refractivity contribution in [2.24, 2.45) is 0 Å². The topological polar surface area (TPSA) is 0 Å². The van der Waals surface area contributed by atoms with Gasteiger partial charge < -0.3 is 0 Å². The number of benzene rings is 4. The molecule has 0 amide bonds. The number of rotatable bonds is 6. The molecular weight excluding hydrogens is 440 g/mol. The molecule has 1 heteroatoms. The van der Waals surface area contributed by atoms with Crippen LogP contribution in [0.15, 0.2) is 109 Å². The predicted octanol–water partition coefficient (Wildman–Crippen LogP) is 10.0. The van der Waals surface area contributed by atoms with Crippen LogP contribution in [0.2, 0.25) is 0 Å². The van der Waals surface area contributed by atoms with Crippen LogP contribution < -0.4 is 0 Å². The van der Waals surface area contributed by atoms with Crippen molar-refractivity contribution in [3.8, 4) is 20.9 Å². The molecule has 5 rings (SSSR count). The lowest BCUT2D eigenvalue weighted by Gasteiger charge is -2.01. The lowest BCUT2D eigenvalue weighted by Crippen LogP contribution is -1.76. The van der Waals surface area contributed by atoms with Crippen molar-refractivity contribution in [1.29, 1.82) is 0 Å². The Morgan fingerprint density at radius 3 is 0.971 bits per heavy atom. The molecule has 1 heterocycles. The predicted molar refractivity (Wildman–Crippen MR) is 155 cm³/mol. The summed E-state index contributed by atoms with van der Waals surface area (Å²) in [4.78, 5) is 2.58. The fourth-order valence-electron chi connectivity index (χ4n) is 3.91. The number of hydrogen-bond donors (Lipinski definition) is 0. The molecule has 0 saturated heterocycles. The summed E-state index contributed by atoms with van der Waals surface area (Å²) >= 11 is 1.84. The smallest absolute Gasteiger partial charge is 0.0349 e. The van der Waals surface area contributed by atoms with E-state index in [1.807, 2.05) is 11.3 Å². The Balaban J connectivity index is 1.25. The monoisotopic (exact) mass is 468 g/mol. The maximum Gasteiger partial charge on any atom is 0.0349 e. The molecule has 0 spiro atoms. The van der Waals surface area contributed by atoms with E-state index >= 15 is 0 Å². The highest BCUT2D eigenvalue weighted by atomic mass is 32.1. The largest absolute Gasteiger partial charge is 0.135 e. The first kappa shape index (κ1) is 22.8. The zero-order valence-corrected chi connectivity index (χ0v) is 20.9. The maximum absolute atomic E-state index is 2.22. The molecule has 35 heavy (non-hydrogen) atoms. The van der Waals surface area contributed by atoms with Crippen LogP contribution in [0.5, 0.6) is 0 Å². The molecule has 0 aliphatic rings. The SMILES string of the molecule is Cc1ccc(/C=C/c2ccc(-c3ccc(-c4ccc(/C=C/c5ccc(C)cc5)cc4)s3)cc2)cc1. The Morgan fingerprint density at radius 2 is 0.657 bits per heavy atom. The molecule has 0 atom stereocenters. The van der Waals surface area contributed by atoms with Crippen LogP contribution in [0.3, 0.4) is 0 Å². The third-order valence-corrected chi connectivity index (χ3v) is 7.27. The molecule has 0 bridgehead atoms. The second kappa shape index (κ2) is 10.5. The van der Waals surface area contributed by atoms with Crippen LogP contribution in [0.1, 0.15) is 33.4 Å². The van der Waals surface area contributed by atoms with Crippen LogP contribution in [0, 0.1) is 13.8 Å². The van der Waals surface area contributed by atoms with E-state index in [9.17, 15) is 0 Å². The molecule has 0 aliphatic heterocycles. The maximum atomic E-state index is 2.22. The molecule has 0 aliphatic carbocycles. The fraction of sp³-hybridized carbons (Fsp3) is 0.0588. The van der Waals surface area contributed by atoms with Gasteiger partial charge in [0.15, 0.2) is 0 Å². The molecule has 0 N–H and O–H groups in total. The Kier molecular flexibility index (Phi) is 6.88. The third-order valence-electron chi connectivity index (χ3n) is 6.09. The molecule has 0 unspecified atom stereocenters. The molecule has 0 nitrogen and oxygen atoms in total. The van der Waals surface area contributed by atoms with Crippen molar-refractivity contribution in [2.45, 2.75) is 13.8 Å². The van der Waals surface area contributed by atoms with Crippen molar-refractivity contribution >= 4 is 35.6 Å². The fourth-order valence-corrected chi connectivity index (χ4v) is 4.92. The summed E-state index contributed by atoms with van der Waals surface area (Å²) in [5, 5.41) is 0. The van der Waals surface area contributed by atoms with E-state index in [1.54, 1.807) is 0 Å². The van der Waals surface area contributed by atoms with Gasteiger partial charge in [-0.25, -0.2) is 0 Å². The summed E-state index contributed by atoms with van der Waals surface area (Å²) in [6.45, 7) is 4.23. The van der Waals surface area contributed by atoms with Crippen LogP contribution in [0.4, 0.5) is 0 Å². The summed E-state index contributed by atoms with van der Waals surface area (Å²) in [6, 6.07) is 39.2. The van der Waals surface area contributed by atoms with Crippen LogP contribution in [0.25, 0.3) is 45.2 Å². The molecule has 0 saturated carbocycles. The third kappa shape index (κ3) is 5.95. The highest BCUT2D eigenvalue weighted by Gasteiger charge is 2.05. The first-order valence-electron chi connectivity index (χ1n) is 11.9. The summed E-state index contributed by atoms with van der Waals surface area (Å²) in [5.74, 6) is 0. The summed E-state index contributed by atoms with van der Waals surface area (Å²) in [6.07, 6.45) is 8.67. The van der Waals surface area contributed by atoms with Crippen molar-refractivity contribution in [2.75, 3.05) is 0 Å². The second-order valence-corrected chi connectivity index (χ2v) is 9.98. The van der Waals surface area contributed by atoms with Crippen molar-refractivity contribution in [1.82, 2.24) is 0 Å². The average Bonchev–Trinajstić information content (AvgIpc) is 3.39. The summed E-state index contributed by atoms with van der Waals surface area (Å²) < 4.78 is 0. The van der Waals surface area contributed by atoms with E-state index in [1.165, 1.54) is 54.3 Å². The molecule has 170 valence electrons. The molecule has 1 aromatic heterocycles. The van der Waals surface area contributed by atoms with Gasteiger partial charge in [0, 0.05) is 9.75 Å². The van der Waals surface area contributed by atoms with E-state index in [-0.39, 0.29) is 0 Å². The quantitative estimate of drug-likeness (QED) is 0.217. The lowest BCUT2D eigenvalue weighted by atomic mass is 10.1. The molecular formula is C34H28S.